The van der Waals surface area contributed by atoms with Crippen LogP contribution in [0.25, 0.3) is 0 Å². The highest BCUT2D eigenvalue weighted by Gasteiger charge is 2.11. The van der Waals surface area contributed by atoms with Gasteiger partial charge in [-0.1, -0.05) is 17.7 Å². The summed E-state index contributed by atoms with van der Waals surface area (Å²) in [7, 11) is 0. The molecule has 1 amide bonds. The molecule has 5 nitrogen and oxygen atoms in total. The van der Waals surface area contributed by atoms with Crippen molar-refractivity contribution in [2.45, 2.75) is 0 Å². The van der Waals surface area contributed by atoms with Crippen LogP contribution in [0.15, 0.2) is 42.5 Å². The van der Waals surface area contributed by atoms with Crippen molar-refractivity contribution in [2.75, 3.05) is 5.32 Å². The number of anilines is 1. The number of benzene rings is 2. The van der Waals surface area contributed by atoms with Crippen molar-refractivity contribution >= 4 is 51.5 Å². The fourth-order valence-corrected chi connectivity index (χ4v) is 2.05. The number of halogens is 2. The first kappa shape index (κ1) is 14.7. The molecule has 2 rings (SSSR count). The fourth-order valence-electron chi connectivity index (χ4n) is 1.54. The Balaban J connectivity index is 2.21. The van der Waals surface area contributed by atoms with Gasteiger partial charge in [-0.15, -0.1) is 0 Å². The van der Waals surface area contributed by atoms with Gasteiger partial charge in [-0.2, -0.15) is 0 Å². The number of nitrogens with zero attached hydrogens (tertiary/aromatic N) is 1. The van der Waals surface area contributed by atoms with E-state index in [0.29, 0.717) is 16.3 Å². The standard InChI is InChI=1S/C13H8ClIN2O3/c14-11-6-8(4-5-12(11)15)13(18)16-9-2-1-3-10(7-9)17(19)20/h1-7H,(H,16,18). The van der Waals surface area contributed by atoms with Crippen LogP contribution in [0.4, 0.5) is 11.4 Å². The highest BCUT2D eigenvalue weighted by molar-refractivity contribution is 14.1. The van der Waals surface area contributed by atoms with E-state index in [1.807, 2.05) is 0 Å². The minimum atomic E-state index is -0.516. The third-order valence-corrected chi connectivity index (χ3v) is 4.07. The summed E-state index contributed by atoms with van der Waals surface area (Å²) >= 11 is 8.01. The zero-order chi connectivity index (χ0) is 14.7. The molecule has 0 aliphatic carbocycles. The smallest absolute Gasteiger partial charge is 0.271 e. The van der Waals surface area contributed by atoms with Crippen LogP contribution in [-0.2, 0) is 0 Å². The second-order valence-corrected chi connectivity index (χ2v) is 5.46. The number of carbonyl (C=O) groups excluding carboxylic acids is 1. The van der Waals surface area contributed by atoms with Gasteiger partial charge in [0.2, 0.25) is 0 Å². The van der Waals surface area contributed by atoms with E-state index in [-0.39, 0.29) is 11.6 Å². The number of carbonyl (C=O) groups is 1. The summed E-state index contributed by atoms with van der Waals surface area (Å²) < 4.78 is 0.844. The zero-order valence-electron chi connectivity index (χ0n) is 9.97. The van der Waals surface area contributed by atoms with Crippen LogP contribution in [0, 0.1) is 13.7 Å². The van der Waals surface area contributed by atoms with Gasteiger partial charge in [-0.25, -0.2) is 0 Å². The average Bonchev–Trinajstić information content (AvgIpc) is 2.42. The van der Waals surface area contributed by atoms with Gasteiger partial charge in [0, 0.05) is 27.0 Å². The number of non-ortho nitro benzene ring substituents is 1. The number of hydrogen-bond acceptors (Lipinski definition) is 3. The Morgan fingerprint density at radius 3 is 2.65 bits per heavy atom. The minimum absolute atomic E-state index is 0.0801. The molecule has 0 spiro atoms. The van der Waals surface area contributed by atoms with Crippen molar-refractivity contribution in [3.8, 4) is 0 Å². The van der Waals surface area contributed by atoms with Crippen LogP contribution in [0.5, 0.6) is 0 Å². The molecule has 102 valence electrons. The monoisotopic (exact) mass is 402 g/mol. The first-order valence-electron chi connectivity index (χ1n) is 5.48. The Morgan fingerprint density at radius 1 is 1.25 bits per heavy atom. The van der Waals surface area contributed by atoms with Crippen molar-refractivity contribution in [3.05, 3.63) is 66.7 Å². The van der Waals surface area contributed by atoms with E-state index >= 15 is 0 Å². The van der Waals surface area contributed by atoms with Gasteiger partial charge in [-0.05, 0) is 46.9 Å². The lowest BCUT2D eigenvalue weighted by molar-refractivity contribution is -0.384. The lowest BCUT2D eigenvalue weighted by atomic mass is 10.2. The molecule has 0 unspecified atom stereocenters. The molecular formula is C13H8ClIN2O3. The van der Waals surface area contributed by atoms with Crippen LogP contribution >= 0.6 is 34.2 Å². The molecular weight excluding hydrogens is 395 g/mol. The first-order chi connectivity index (χ1) is 9.47. The molecule has 20 heavy (non-hydrogen) atoms. The number of nitrogens with one attached hydrogen (secondary N) is 1. The van der Waals surface area contributed by atoms with Crippen molar-refractivity contribution in [1.29, 1.82) is 0 Å². The predicted octanol–water partition coefficient (Wildman–Crippen LogP) is 4.11. The van der Waals surface area contributed by atoms with Crippen molar-refractivity contribution in [3.63, 3.8) is 0 Å². The summed E-state index contributed by atoms with van der Waals surface area (Å²) in [6.45, 7) is 0. The summed E-state index contributed by atoms with van der Waals surface area (Å²) in [5.74, 6) is -0.371. The maximum atomic E-state index is 12.0. The maximum Gasteiger partial charge on any atom is 0.271 e. The Labute approximate surface area is 133 Å². The molecule has 2 aromatic carbocycles. The van der Waals surface area contributed by atoms with Gasteiger partial charge < -0.3 is 5.32 Å². The summed E-state index contributed by atoms with van der Waals surface area (Å²) in [4.78, 5) is 22.2. The molecule has 2 aromatic rings. The van der Waals surface area contributed by atoms with Crippen LogP contribution in [0.3, 0.4) is 0 Å². The molecule has 0 bridgehead atoms. The molecule has 0 aliphatic heterocycles. The van der Waals surface area contributed by atoms with Crippen LogP contribution in [0.2, 0.25) is 5.02 Å². The van der Waals surface area contributed by atoms with Gasteiger partial charge in [0.05, 0.1) is 9.95 Å². The van der Waals surface area contributed by atoms with E-state index in [1.54, 1.807) is 24.3 Å². The van der Waals surface area contributed by atoms with E-state index < -0.39 is 4.92 Å². The lowest BCUT2D eigenvalue weighted by Gasteiger charge is -2.06. The molecule has 0 aliphatic rings. The van der Waals surface area contributed by atoms with E-state index in [9.17, 15) is 14.9 Å². The summed E-state index contributed by atoms with van der Waals surface area (Å²) in [5.41, 5.74) is 0.671. The zero-order valence-corrected chi connectivity index (χ0v) is 12.9. The fraction of sp³-hybridized carbons (Fsp3) is 0. The molecule has 7 heteroatoms. The molecule has 0 atom stereocenters. The summed E-state index contributed by atoms with van der Waals surface area (Å²) in [6, 6.07) is 10.7. The third-order valence-electron chi connectivity index (χ3n) is 2.50. The quantitative estimate of drug-likeness (QED) is 0.477. The third kappa shape index (κ3) is 3.45. The molecule has 0 radical (unpaired) electrons. The Hall–Kier alpha value is -1.67. The number of hydrogen-bond donors (Lipinski definition) is 1. The topological polar surface area (TPSA) is 72.2 Å². The van der Waals surface area contributed by atoms with E-state index in [1.165, 1.54) is 18.2 Å². The highest BCUT2D eigenvalue weighted by Crippen LogP contribution is 2.21. The highest BCUT2D eigenvalue weighted by atomic mass is 127. The minimum Gasteiger partial charge on any atom is -0.322 e. The number of nitro benzene ring substituents is 1. The van der Waals surface area contributed by atoms with Gasteiger partial charge in [0.15, 0.2) is 0 Å². The predicted molar refractivity (Wildman–Crippen MR) is 85.2 cm³/mol. The lowest BCUT2D eigenvalue weighted by Crippen LogP contribution is -2.12. The molecule has 0 saturated carbocycles. The van der Waals surface area contributed by atoms with Gasteiger partial charge in [0.25, 0.3) is 11.6 Å². The molecule has 0 fully saturated rings. The van der Waals surface area contributed by atoms with Gasteiger partial charge >= 0.3 is 0 Å². The summed E-state index contributed by atoms with van der Waals surface area (Å²) in [6.07, 6.45) is 0. The number of rotatable bonds is 3. The maximum absolute atomic E-state index is 12.0. The number of nitro groups is 1. The Kier molecular flexibility index (Phi) is 4.56. The van der Waals surface area contributed by atoms with Crippen LogP contribution in [-0.4, -0.2) is 10.8 Å². The SMILES string of the molecule is O=C(Nc1cccc([N+](=O)[O-])c1)c1ccc(I)c(Cl)c1. The van der Waals surface area contributed by atoms with Gasteiger partial charge in [-0.3, -0.25) is 14.9 Å². The van der Waals surface area contributed by atoms with E-state index in [4.69, 9.17) is 11.6 Å². The molecule has 0 saturated heterocycles. The van der Waals surface area contributed by atoms with Gasteiger partial charge in [0.1, 0.15) is 0 Å². The van der Waals surface area contributed by atoms with Crippen LogP contribution in [0.1, 0.15) is 10.4 Å². The van der Waals surface area contributed by atoms with Crippen molar-refractivity contribution in [1.82, 2.24) is 0 Å². The first-order valence-corrected chi connectivity index (χ1v) is 6.94. The van der Waals surface area contributed by atoms with E-state index in [0.717, 1.165) is 3.57 Å². The largest absolute Gasteiger partial charge is 0.322 e. The van der Waals surface area contributed by atoms with Crippen molar-refractivity contribution in [2.24, 2.45) is 0 Å². The second kappa shape index (κ2) is 6.19. The van der Waals surface area contributed by atoms with E-state index in [2.05, 4.69) is 27.9 Å². The Bertz CT molecular complexity index is 691. The molecule has 1 N–H and O–H groups in total. The average molecular weight is 403 g/mol. The molecule has 0 heterocycles. The molecule has 0 aromatic heterocycles. The Morgan fingerprint density at radius 2 is 2.00 bits per heavy atom. The summed E-state index contributed by atoms with van der Waals surface area (Å²) in [5, 5.41) is 13.7. The number of amides is 1. The van der Waals surface area contributed by atoms with Crippen LogP contribution < -0.4 is 5.32 Å². The van der Waals surface area contributed by atoms with Crippen molar-refractivity contribution < 1.29 is 9.72 Å². The second-order valence-electron chi connectivity index (χ2n) is 3.89. The normalized spacial score (nSPS) is 10.1.